The zero-order valence-electron chi connectivity index (χ0n) is 16.8. The molecule has 150 valence electrons. The molecule has 7 heteroatoms. The number of anilines is 2. The minimum absolute atomic E-state index is 0.190. The fraction of sp³-hybridized carbons (Fsp3) is 0.381. The van der Waals surface area contributed by atoms with Crippen molar-refractivity contribution in [2.24, 2.45) is 0 Å². The van der Waals surface area contributed by atoms with Gasteiger partial charge in [0.15, 0.2) is 6.61 Å². The first-order valence-corrected chi connectivity index (χ1v) is 9.37. The third-order valence-electron chi connectivity index (χ3n) is 4.05. The number of hydrogen-bond donors (Lipinski definition) is 1. The number of pyridine rings is 1. The molecule has 2 aromatic rings. The van der Waals surface area contributed by atoms with E-state index < -0.39 is 18.5 Å². The monoisotopic (exact) mass is 385 g/mol. The molecule has 28 heavy (non-hydrogen) atoms. The highest BCUT2D eigenvalue weighted by Crippen LogP contribution is 2.20. The molecule has 0 unspecified atom stereocenters. The number of nitrogens with zero attached hydrogens (tertiary/aromatic N) is 2. The molecule has 0 saturated carbocycles. The Hall–Kier alpha value is -3.09. The van der Waals surface area contributed by atoms with E-state index >= 15 is 0 Å². The van der Waals surface area contributed by atoms with E-state index in [1.807, 2.05) is 24.3 Å². The molecule has 7 nitrogen and oxygen atoms in total. The van der Waals surface area contributed by atoms with Gasteiger partial charge in [0.25, 0.3) is 5.91 Å². The van der Waals surface area contributed by atoms with Crippen molar-refractivity contribution in [2.75, 3.05) is 30.0 Å². The molecule has 1 N–H and O–H groups in total. The van der Waals surface area contributed by atoms with Crippen LogP contribution < -0.4 is 15.0 Å². The summed E-state index contributed by atoms with van der Waals surface area (Å²) in [6.07, 6.45) is 1.52. The van der Waals surface area contributed by atoms with E-state index in [1.165, 1.54) is 6.20 Å². The molecule has 0 atom stereocenters. The Balaban J connectivity index is 1.91. The number of benzene rings is 1. The number of carbonyl (C=O) groups excluding carboxylic acids is 2. The molecule has 0 aliphatic rings. The largest absolute Gasteiger partial charge is 0.477 e. The van der Waals surface area contributed by atoms with Crippen LogP contribution in [-0.4, -0.2) is 42.7 Å². The zero-order chi connectivity index (χ0) is 20.5. The summed E-state index contributed by atoms with van der Waals surface area (Å²) < 4.78 is 10.4. The number of aromatic nitrogens is 1. The van der Waals surface area contributed by atoms with E-state index in [2.05, 4.69) is 36.0 Å². The standard InChI is InChI=1S/C21H27N3O4/c1-5-24(15(3)4)17-11-9-16(10-12-17)23-19(25)14-28-21(26)18-8-7-13-22-20(18)27-6-2/h7-13,15H,5-6,14H2,1-4H3,(H,23,25). The van der Waals surface area contributed by atoms with Crippen molar-refractivity contribution in [1.29, 1.82) is 0 Å². The summed E-state index contributed by atoms with van der Waals surface area (Å²) in [7, 11) is 0. The average molecular weight is 385 g/mol. The van der Waals surface area contributed by atoms with Gasteiger partial charge in [-0.05, 0) is 64.1 Å². The second kappa shape index (κ2) is 10.3. The van der Waals surface area contributed by atoms with Crippen LogP contribution in [0.3, 0.4) is 0 Å². The van der Waals surface area contributed by atoms with Crippen LogP contribution in [0.4, 0.5) is 11.4 Å². The number of nitrogens with one attached hydrogen (secondary N) is 1. The summed E-state index contributed by atoms with van der Waals surface area (Å²) in [6, 6.07) is 11.1. The third-order valence-corrected chi connectivity index (χ3v) is 4.05. The van der Waals surface area contributed by atoms with E-state index in [0.717, 1.165) is 12.2 Å². The molecule has 0 radical (unpaired) electrons. The molecule has 0 aliphatic heterocycles. The number of ether oxygens (including phenoxy) is 2. The van der Waals surface area contributed by atoms with Gasteiger partial charge in [0.05, 0.1) is 6.61 Å². The van der Waals surface area contributed by atoms with Crippen molar-refractivity contribution < 1.29 is 19.1 Å². The van der Waals surface area contributed by atoms with Gasteiger partial charge in [-0.3, -0.25) is 4.79 Å². The molecular weight excluding hydrogens is 358 g/mol. The van der Waals surface area contributed by atoms with Crippen molar-refractivity contribution in [3.63, 3.8) is 0 Å². The molecule has 2 rings (SSSR count). The normalized spacial score (nSPS) is 10.5. The van der Waals surface area contributed by atoms with Gasteiger partial charge >= 0.3 is 5.97 Å². The summed E-state index contributed by atoms with van der Waals surface area (Å²) in [6.45, 7) is 9.04. The first-order valence-electron chi connectivity index (χ1n) is 9.37. The molecular formula is C21H27N3O4. The van der Waals surface area contributed by atoms with Gasteiger partial charge in [-0.1, -0.05) is 0 Å². The van der Waals surface area contributed by atoms with Crippen LogP contribution in [0.15, 0.2) is 42.6 Å². The topological polar surface area (TPSA) is 80.8 Å². The molecule has 0 spiro atoms. The summed E-state index contributed by atoms with van der Waals surface area (Å²) in [5.74, 6) is -0.881. The lowest BCUT2D eigenvalue weighted by atomic mass is 10.2. The van der Waals surface area contributed by atoms with Crippen LogP contribution in [0.1, 0.15) is 38.1 Å². The molecule has 1 aromatic heterocycles. The lowest BCUT2D eigenvalue weighted by molar-refractivity contribution is -0.119. The maximum Gasteiger partial charge on any atom is 0.344 e. The van der Waals surface area contributed by atoms with Crippen LogP contribution in [0.5, 0.6) is 5.88 Å². The molecule has 0 bridgehead atoms. The Kier molecular flexibility index (Phi) is 7.80. The van der Waals surface area contributed by atoms with Crippen molar-refractivity contribution >= 4 is 23.3 Å². The van der Waals surface area contributed by atoms with Crippen LogP contribution in [-0.2, 0) is 9.53 Å². The van der Waals surface area contributed by atoms with Crippen molar-refractivity contribution in [2.45, 2.75) is 33.7 Å². The average Bonchev–Trinajstić information content (AvgIpc) is 2.68. The summed E-state index contributed by atoms with van der Waals surface area (Å²) in [4.78, 5) is 30.5. The van der Waals surface area contributed by atoms with E-state index in [1.54, 1.807) is 19.1 Å². The highest BCUT2D eigenvalue weighted by molar-refractivity contribution is 5.96. The molecule has 0 fully saturated rings. The van der Waals surface area contributed by atoms with Crippen LogP contribution in [0.25, 0.3) is 0 Å². The van der Waals surface area contributed by atoms with Gasteiger partial charge < -0.3 is 19.7 Å². The highest BCUT2D eigenvalue weighted by Gasteiger charge is 2.16. The quantitative estimate of drug-likeness (QED) is 0.666. The molecule has 0 aliphatic carbocycles. The molecule has 1 aromatic carbocycles. The molecule has 0 saturated heterocycles. The van der Waals surface area contributed by atoms with E-state index in [0.29, 0.717) is 18.3 Å². The smallest absolute Gasteiger partial charge is 0.344 e. The van der Waals surface area contributed by atoms with Crippen molar-refractivity contribution in [3.8, 4) is 5.88 Å². The van der Waals surface area contributed by atoms with Crippen LogP contribution >= 0.6 is 0 Å². The maximum atomic E-state index is 12.2. The first kappa shape index (κ1) is 21.2. The van der Waals surface area contributed by atoms with E-state index in [-0.39, 0.29) is 11.4 Å². The highest BCUT2D eigenvalue weighted by atomic mass is 16.5. The third kappa shape index (κ3) is 5.70. The number of esters is 1. The van der Waals surface area contributed by atoms with Gasteiger partial charge in [0.1, 0.15) is 5.56 Å². The molecule has 1 amide bonds. The van der Waals surface area contributed by atoms with Crippen molar-refractivity contribution in [1.82, 2.24) is 4.98 Å². The van der Waals surface area contributed by atoms with E-state index in [9.17, 15) is 9.59 Å². The fourth-order valence-electron chi connectivity index (χ4n) is 2.79. The second-order valence-corrected chi connectivity index (χ2v) is 6.34. The predicted octanol–water partition coefficient (Wildman–Crippen LogP) is 3.51. The number of rotatable bonds is 9. The van der Waals surface area contributed by atoms with Crippen LogP contribution in [0, 0.1) is 0 Å². The second-order valence-electron chi connectivity index (χ2n) is 6.34. The Morgan fingerprint density at radius 3 is 2.46 bits per heavy atom. The summed E-state index contributed by atoms with van der Waals surface area (Å²) in [5, 5.41) is 2.72. The Morgan fingerprint density at radius 1 is 1.14 bits per heavy atom. The van der Waals surface area contributed by atoms with Gasteiger partial charge in [0, 0.05) is 30.2 Å². The minimum Gasteiger partial charge on any atom is -0.477 e. The Bertz CT molecular complexity index is 790. The van der Waals surface area contributed by atoms with Gasteiger partial charge in [0.2, 0.25) is 5.88 Å². The Morgan fingerprint density at radius 2 is 1.86 bits per heavy atom. The van der Waals surface area contributed by atoms with Gasteiger partial charge in [-0.15, -0.1) is 0 Å². The first-order chi connectivity index (χ1) is 13.5. The zero-order valence-corrected chi connectivity index (χ0v) is 16.8. The van der Waals surface area contributed by atoms with E-state index in [4.69, 9.17) is 9.47 Å². The Labute approximate surface area is 165 Å². The van der Waals surface area contributed by atoms with Crippen molar-refractivity contribution in [3.05, 3.63) is 48.2 Å². The lowest BCUT2D eigenvalue weighted by Crippen LogP contribution is -2.30. The number of amides is 1. The maximum absolute atomic E-state index is 12.2. The van der Waals surface area contributed by atoms with Gasteiger partial charge in [-0.2, -0.15) is 0 Å². The predicted molar refractivity (Wildman–Crippen MR) is 109 cm³/mol. The number of carbonyl (C=O) groups is 2. The summed E-state index contributed by atoms with van der Waals surface area (Å²) >= 11 is 0. The fourth-order valence-corrected chi connectivity index (χ4v) is 2.79. The van der Waals surface area contributed by atoms with Crippen LogP contribution in [0.2, 0.25) is 0 Å². The molecule has 1 heterocycles. The SMILES string of the molecule is CCOc1ncccc1C(=O)OCC(=O)Nc1ccc(N(CC)C(C)C)cc1. The lowest BCUT2D eigenvalue weighted by Gasteiger charge is -2.27. The summed E-state index contributed by atoms with van der Waals surface area (Å²) in [5.41, 5.74) is 1.91. The van der Waals surface area contributed by atoms with Gasteiger partial charge in [-0.25, -0.2) is 9.78 Å². The minimum atomic E-state index is -0.655. The number of hydrogen-bond acceptors (Lipinski definition) is 6.